The molecule has 2 unspecified atom stereocenters. The number of halogens is 1. The van der Waals surface area contributed by atoms with Crippen LogP contribution in [0.1, 0.15) is 46.1 Å². The third kappa shape index (κ3) is 8.80. The molecule has 0 aliphatic carbocycles. The molecule has 2 aromatic carbocycles. The van der Waals surface area contributed by atoms with Gasteiger partial charge in [0.25, 0.3) is 0 Å². The summed E-state index contributed by atoms with van der Waals surface area (Å²) < 4.78 is 0. The Morgan fingerprint density at radius 3 is 2.23 bits per heavy atom. The molecule has 0 saturated heterocycles. The van der Waals surface area contributed by atoms with E-state index < -0.39 is 29.5 Å². The molecular weight excluding hydrogens is 468 g/mol. The number of hydrogen-bond donors (Lipinski definition) is 5. The highest BCUT2D eigenvalue weighted by Gasteiger charge is 2.34. The van der Waals surface area contributed by atoms with Gasteiger partial charge in [0.1, 0.15) is 11.6 Å². The predicted molar refractivity (Wildman–Crippen MR) is 141 cm³/mol. The first-order valence-corrected chi connectivity index (χ1v) is 11.9. The quantitative estimate of drug-likeness (QED) is 0.300. The van der Waals surface area contributed by atoms with Crippen molar-refractivity contribution >= 4 is 40.9 Å². The molecule has 0 aliphatic rings. The van der Waals surface area contributed by atoms with E-state index >= 15 is 0 Å². The standard InChI is InChI=1S/C26H38N4O4.ClH/c1-5-18(6-2)23(32)30-26(3,4)25(34)29-22(24(33)28-16-21(31)15-27)14-17-11-12-19-9-7-8-10-20(19)13-17;/h7-13,18,21-22,31H,5-6,14-16,27H2,1-4H3,(H,28,33)(H,29,34)(H,30,32);1H. The van der Waals surface area contributed by atoms with Gasteiger partial charge in [-0.15, -0.1) is 12.4 Å². The van der Waals surface area contributed by atoms with Crippen LogP contribution in [0.25, 0.3) is 10.8 Å². The molecule has 2 rings (SSSR count). The summed E-state index contributed by atoms with van der Waals surface area (Å²) >= 11 is 0. The average Bonchev–Trinajstić information content (AvgIpc) is 2.82. The Balaban J connectivity index is 0.00000612. The third-order valence-corrected chi connectivity index (χ3v) is 6.02. The SMILES string of the molecule is CCC(CC)C(=O)NC(C)(C)C(=O)NC(Cc1ccc2ccccc2c1)C(=O)NCC(O)CN.Cl. The highest BCUT2D eigenvalue weighted by atomic mass is 35.5. The summed E-state index contributed by atoms with van der Waals surface area (Å²) in [4.78, 5) is 38.6. The van der Waals surface area contributed by atoms with E-state index in [4.69, 9.17) is 5.73 Å². The molecular formula is C26H39ClN4O4. The first-order chi connectivity index (χ1) is 16.1. The first kappa shape index (κ1) is 30.4. The van der Waals surface area contributed by atoms with E-state index in [0.29, 0.717) is 12.8 Å². The van der Waals surface area contributed by atoms with Crippen molar-refractivity contribution < 1.29 is 19.5 Å². The lowest BCUT2D eigenvalue weighted by Gasteiger charge is -2.29. The van der Waals surface area contributed by atoms with Gasteiger partial charge in [-0.2, -0.15) is 0 Å². The van der Waals surface area contributed by atoms with Gasteiger partial charge >= 0.3 is 0 Å². The first-order valence-electron chi connectivity index (χ1n) is 11.9. The fourth-order valence-corrected chi connectivity index (χ4v) is 3.70. The fourth-order valence-electron chi connectivity index (χ4n) is 3.70. The number of fused-ring (bicyclic) bond motifs is 1. The normalized spacial score (nSPS) is 13.0. The van der Waals surface area contributed by atoms with E-state index in [1.165, 1.54) is 0 Å². The summed E-state index contributed by atoms with van der Waals surface area (Å²) in [5.41, 5.74) is 5.09. The van der Waals surface area contributed by atoms with E-state index in [1.807, 2.05) is 56.3 Å². The van der Waals surface area contributed by atoms with Crippen molar-refractivity contribution in [1.29, 1.82) is 0 Å². The molecule has 0 bridgehead atoms. The number of carbonyl (C=O) groups is 3. The Morgan fingerprint density at radius 2 is 1.63 bits per heavy atom. The molecule has 0 fully saturated rings. The molecule has 35 heavy (non-hydrogen) atoms. The second-order valence-electron chi connectivity index (χ2n) is 9.17. The fraction of sp³-hybridized carbons (Fsp3) is 0.500. The minimum Gasteiger partial charge on any atom is -0.390 e. The molecule has 2 atom stereocenters. The number of nitrogens with one attached hydrogen (secondary N) is 3. The Hall–Kier alpha value is -2.68. The lowest BCUT2D eigenvalue weighted by Crippen LogP contribution is -2.60. The van der Waals surface area contributed by atoms with Gasteiger partial charge in [-0.1, -0.05) is 56.3 Å². The Bertz CT molecular complexity index is 994. The van der Waals surface area contributed by atoms with Gasteiger partial charge in [0.15, 0.2) is 0 Å². The molecule has 2 aromatic rings. The molecule has 6 N–H and O–H groups in total. The maximum atomic E-state index is 13.1. The zero-order valence-electron chi connectivity index (χ0n) is 21.0. The van der Waals surface area contributed by atoms with Gasteiger partial charge in [-0.05, 0) is 43.0 Å². The second-order valence-corrected chi connectivity index (χ2v) is 9.17. The molecule has 0 aliphatic heterocycles. The summed E-state index contributed by atoms with van der Waals surface area (Å²) in [6.07, 6.45) is 0.724. The highest BCUT2D eigenvalue weighted by Crippen LogP contribution is 2.17. The zero-order chi connectivity index (χ0) is 25.3. The van der Waals surface area contributed by atoms with Crippen molar-refractivity contribution in [2.24, 2.45) is 11.7 Å². The average molecular weight is 507 g/mol. The van der Waals surface area contributed by atoms with Crippen molar-refractivity contribution in [2.45, 2.75) is 64.6 Å². The van der Waals surface area contributed by atoms with Crippen LogP contribution in [0.5, 0.6) is 0 Å². The third-order valence-electron chi connectivity index (χ3n) is 6.02. The van der Waals surface area contributed by atoms with Crippen LogP contribution >= 0.6 is 12.4 Å². The number of amides is 3. The number of nitrogens with two attached hydrogens (primary N) is 1. The van der Waals surface area contributed by atoms with E-state index in [0.717, 1.165) is 16.3 Å². The van der Waals surface area contributed by atoms with Crippen molar-refractivity contribution in [3.63, 3.8) is 0 Å². The number of benzene rings is 2. The van der Waals surface area contributed by atoms with E-state index in [1.54, 1.807) is 13.8 Å². The summed E-state index contributed by atoms with van der Waals surface area (Å²) in [5, 5.41) is 20.1. The van der Waals surface area contributed by atoms with Crippen LogP contribution in [0.15, 0.2) is 42.5 Å². The minimum atomic E-state index is -1.21. The Morgan fingerprint density at radius 1 is 1.00 bits per heavy atom. The summed E-state index contributed by atoms with van der Waals surface area (Å²) in [7, 11) is 0. The Labute approximate surface area is 213 Å². The number of hydrogen-bond acceptors (Lipinski definition) is 5. The summed E-state index contributed by atoms with van der Waals surface area (Å²) in [5.74, 6) is -1.27. The smallest absolute Gasteiger partial charge is 0.245 e. The van der Waals surface area contributed by atoms with Gasteiger partial charge in [-0.3, -0.25) is 14.4 Å². The molecule has 0 aromatic heterocycles. The van der Waals surface area contributed by atoms with Crippen LogP contribution in [-0.2, 0) is 20.8 Å². The van der Waals surface area contributed by atoms with E-state index in [-0.39, 0.29) is 43.7 Å². The molecule has 0 spiro atoms. The summed E-state index contributed by atoms with van der Waals surface area (Å²) in [6, 6.07) is 12.9. The van der Waals surface area contributed by atoms with Crippen LogP contribution in [-0.4, -0.2) is 53.6 Å². The van der Waals surface area contributed by atoms with Crippen LogP contribution in [0.4, 0.5) is 0 Å². The van der Waals surface area contributed by atoms with Crippen molar-refractivity contribution in [1.82, 2.24) is 16.0 Å². The van der Waals surface area contributed by atoms with Crippen molar-refractivity contribution in [3.8, 4) is 0 Å². The highest BCUT2D eigenvalue weighted by molar-refractivity contribution is 5.95. The van der Waals surface area contributed by atoms with Crippen LogP contribution in [0.3, 0.4) is 0 Å². The van der Waals surface area contributed by atoms with E-state index in [9.17, 15) is 19.5 Å². The number of carbonyl (C=O) groups excluding carboxylic acids is 3. The number of aliphatic hydroxyl groups excluding tert-OH is 1. The molecule has 0 radical (unpaired) electrons. The minimum absolute atomic E-state index is 0. The van der Waals surface area contributed by atoms with Gasteiger partial charge in [0, 0.05) is 25.4 Å². The summed E-state index contributed by atoms with van der Waals surface area (Å²) in [6.45, 7) is 7.09. The maximum Gasteiger partial charge on any atom is 0.245 e. The maximum absolute atomic E-state index is 13.1. The van der Waals surface area contributed by atoms with Crippen LogP contribution in [0, 0.1) is 5.92 Å². The van der Waals surface area contributed by atoms with E-state index in [2.05, 4.69) is 16.0 Å². The van der Waals surface area contributed by atoms with Gasteiger partial charge in [-0.25, -0.2) is 0 Å². The largest absolute Gasteiger partial charge is 0.390 e. The topological polar surface area (TPSA) is 134 Å². The number of aliphatic hydroxyl groups is 1. The predicted octanol–water partition coefficient (Wildman–Crippen LogP) is 2.06. The molecule has 8 nitrogen and oxygen atoms in total. The van der Waals surface area contributed by atoms with Gasteiger partial charge in [0.05, 0.1) is 6.10 Å². The zero-order valence-corrected chi connectivity index (χ0v) is 21.8. The van der Waals surface area contributed by atoms with Gasteiger partial charge in [0.2, 0.25) is 17.7 Å². The lowest BCUT2D eigenvalue weighted by molar-refractivity contribution is -0.136. The number of rotatable bonds is 12. The molecule has 3 amide bonds. The molecule has 9 heteroatoms. The van der Waals surface area contributed by atoms with Crippen molar-refractivity contribution in [2.75, 3.05) is 13.1 Å². The van der Waals surface area contributed by atoms with Crippen LogP contribution in [0.2, 0.25) is 0 Å². The Kier molecular flexibility index (Phi) is 12.2. The molecule has 0 heterocycles. The lowest BCUT2D eigenvalue weighted by atomic mass is 9.97. The van der Waals surface area contributed by atoms with Crippen molar-refractivity contribution in [3.05, 3.63) is 48.0 Å². The van der Waals surface area contributed by atoms with Crippen LogP contribution < -0.4 is 21.7 Å². The molecule has 0 saturated carbocycles. The van der Waals surface area contributed by atoms with Gasteiger partial charge < -0.3 is 26.8 Å². The monoisotopic (exact) mass is 506 g/mol. The second kappa shape index (κ2) is 14.0. The molecule has 194 valence electrons.